The molecule has 1 aromatic rings. The van der Waals surface area contributed by atoms with E-state index in [1.807, 2.05) is 37.3 Å². The molecule has 1 aliphatic rings. The van der Waals surface area contributed by atoms with Gasteiger partial charge in [-0.25, -0.2) is 4.79 Å². The average molecular weight is 263 g/mol. The van der Waals surface area contributed by atoms with Gasteiger partial charge < -0.3 is 14.8 Å². The molecule has 0 saturated carbocycles. The van der Waals surface area contributed by atoms with E-state index in [0.29, 0.717) is 0 Å². The maximum Gasteiger partial charge on any atom is 0.332 e. The molecule has 0 radical (unpaired) electrons. The fraction of sp³-hybridized carbons (Fsp3) is 0.533. The lowest BCUT2D eigenvalue weighted by Crippen LogP contribution is -2.33. The molecule has 0 aliphatic carbocycles. The number of benzene rings is 1. The molecule has 104 valence electrons. The van der Waals surface area contributed by atoms with Crippen molar-refractivity contribution in [3.63, 3.8) is 0 Å². The van der Waals surface area contributed by atoms with E-state index < -0.39 is 0 Å². The fourth-order valence-corrected chi connectivity index (χ4v) is 2.17. The summed E-state index contributed by atoms with van der Waals surface area (Å²) in [5.41, 5.74) is 0.998. The van der Waals surface area contributed by atoms with Gasteiger partial charge in [-0.1, -0.05) is 30.3 Å². The van der Waals surface area contributed by atoms with Crippen LogP contribution in [0.1, 0.15) is 31.4 Å². The van der Waals surface area contributed by atoms with Crippen LogP contribution in [0.5, 0.6) is 0 Å². The van der Waals surface area contributed by atoms with Crippen molar-refractivity contribution in [1.29, 1.82) is 0 Å². The number of ether oxygens (including phenoxy) is 2. The Kier molecular flexibility index (Phi) is 5.36. The molecule has 1 fully saturated rings. The zero-order chi connectivity index (χ0) is 13.5. The first-order valence-corrected chi connectivity index (χ1v) is 6.82. The first-order valence-electron chi connectivity index (χ1n) is 6.82. The highest BCUT2D eigenvalue weighted by atomic mass is 16.6. The van der Waals surface area contributed by atoms with Crippen LogP contribution in [0.15, 0.2) is 30.3 Å². The predicted molar refractivity (Wildman–Crippen MR) is 72.8 cm³/mol. The summed E-state index contributed by atoms with van der Waals surface area (Å²) >= 11 is 0. The van der Waals surface area contributed by atoms with Crippen LogP contribution < -0.4 is 5.32 Å². The number of carbonyl (C=O) groups excluding carboxylic acids is 1. The smallest absolute Gasteiger partial charge is 0.332 e. The normalized spacial score (nSPS) is 17.9. The molecule has 1 N–H and O–H groups in total. The van der Waals surface area contributed by atoms with Gasteiger partial charge >= 0.3 is 5.97 Å². The van der Waals surface area contributed by atoms with E-state index in [2.05, 4.69) is 5.32 Å². The molecule has 1 saturated heterocycles. The molecule has 1 unspecified atom stereocenters. The van der Waals surface area contributed by atoms with Crippen LogP contribution in [0.3, 0.4) is 0 Å². The summed E-state index contributed by atoms with van der Waals surface area (Å²) < 4.78 is 10.9. The van der Waals surface area contributed by atoms with Crippen LogP contribution in [0.2, 0.25) is 0 Å². The summed E-state index contributed by atoms with van der Waals surface area (Å²) in [6.07, 6.45) is 1.87. The van der Waals surface area contributed by atoms with E-state index in [0.717, 1.165) is 31.5 Å². The molecular formula is C15H21NO3. The van der Waals surface area contributed by atoms with E-state index in [1.54, 1.807) is 0 Å². The second kappa shape index (κ2) is 7.26. The van der Waals surface area contributed by atoms with Gasteiger partial charge in [0.05, 0.1) is 6.10 Å². The Labute approximate surface area is 114 Å². The molecule has 0 amide bonds. The molecule has 1 aromatic carbocycles. The van der Waals surface area contributed by atoms with Gasteiger partial charge in [0.15, 0.2) is 0 Å². The van der Waals surface area contributed by atoms with Crippen molar-refractivity contribution >= 4 is 5.97 Å². The Balaban J connectivity index is 1.71. The first kappa shape index (κ1) is 14.0. The molecule has 19 heavy (non-hydrogen) atoms. The van der Waals surface area contributed by atoms with Crippen LogP contribution >= 0.6 is 0 Å². The number of piperidine rings is 1. The third kappa shape index (κ3) is 4.65. The number of rotatable bonds is 5. The lowest BCUT2D eigenvalue weighted by Gasteiger charge is -2.23. The second-order valence-corrected chi connectivity index (χ2v) is 4.80. The van der Waals surface area contributed by atoms with Gasteiger partial charge in [0.25, 0.3) is 0 Å². The largest absolute Gasteiger partial charge is 0.456 e. The van der Waals surface area contributed by atoms with Gasteiger partial charge in [-0.3, -0.25) is 0 Å². The molecule has 4 heteroatoms. The van der Waals surface area contributed by atoms with Crippen LogP contribution in [0.25, 0.3) is 0 Å². The number of nitrogens with one attached hydrogen (secondary N) is 1. The third-order valence-corrected chi connectivity index (χ3v) is 3.30. The quantitative estimate of drug-likeness (QED) is 0.826. The Morgan fingerprint density at radius 2 is 2.00 bits per heavy atom. The number of carbonyl (C=O) groups is 1. The van der Waals surface area contributed by atoms with Crippen LogP contribution in [-0.2, 0) is 14.3 Å². The maximum absolute atomic E-state index is 11.7. The van der Waals surface area contributed by atoms with Gasteiger partial charge in [-0.05, 0) is 38.4 Å². The number of hydrogen-bond acceptors (Lipinski definition) is 4. The summed E-state index contributed by atoms with van der Waals surface area (Å²) in [5, 5.41) is 3.26. The highest BCUT2D eigenvalue weighted by Gasteiger charge is 2.17. The molecule has 1 aliphatic heterocycles. The summed E-state index contributed by atoms with van der Waals surface area (Å²) in [6.45, 7) is 3.83. The highest BCUT2D eigenvalue weighted by molar-refractivity contribution is 5.71. The molecule has 0 spiro atoms. The molecule has 1 atom stereocenters. The van der Waals surface area contributed by atoms with Crippen molar-refractivity contribution in [3.8, 4) is 0 Å². The second-order valence-electron chi connectivity index (χ2n) is 4.80. The van der Waals surface area contributed by atoms with E-state index in [4.69, 9.17) is 9.47 Å². The molecule has 2 rings (SSSR count). The van der Waals surface area contributed by atoms with Crippen molar-refractivity contribution in [3.05, 3.63) is 35.9 Å². The van der Waals surface area contributed by atoms with Gasteiger partial charge in [0, 0.05) is 0 Å². The summed E-state index contributed by atoms with van der Waals surface area (Å²) in [6, 6.07) is 9.71. The van der Waals surface area contributed by atoms with Gasteiger partial charge in [0.1, 0.15) is 12.7 Å². The van der Waals surface area contributed by atoms with Gasteiger partial charge in [-0.2, -0.15) is 0 Å². The minimum Gasteiger partial charge on any atom is -0.456 e. The summed E-state index contributed by atoms with van der Waals surface area (Å²) in [4.78, 5) is 11.7. The predicted octanol–water partition coefficient (Wildman–Crippen LogP) is 2.06. The van der Waals surface area contributed by atoms with Gasteiger partial charge in [0.2, 0.25) is 0 Å². The van der Waals surface area contributed by atoms with Crippen LogP contribution in [0, 0.1) is 0 Å². The molecule has 1 heterocycles. The van der Waals surface area contributed by atoms with Crippen molar-refractivity contribution in [1.82, 2.24) is 5.32 Å². The zero-order valence-corrected chi connectivity index (χ0v) is 11.3. The van der Waals surface area contributed by atoms with Crippen LogP contribution in [-0.4, -0.2) is 31.8 Å². The first-order chi connectivity index (χ1) is 9.25. The Morgan fingerprint density at radius 3 is 2.68 bits per heavy atom. The monoisotopic (exact) mass is 263 g/mol. The topological polar surface area (TPSA) is 47.6 Å². The van der Waals surface area contributed by atoms with Crippen molar-refractivity contribution in [2.75, 3.05) is 19.7 Å². The summed E-state index contributed by atoms with van der Waals surface area (Å²) in [5.74, 6) is -0.296. The zero-order valence-electron chi connectivity index (χ0n) is 11.3. The minimum absolute atomic E-state index is 0.0435. The highest BCUT2D eigenvalue weighted by Crippen LogP contribution is 2.16. The number of esters is 1. The number of hydrogen-bond donors (Lipinski definition) is 1. The Morgan fingerprint density at radius 1 is 1.32 bits per heavy atom. The van der Waals surface area contributed by atoms with E-state index in [1.165, 1.54) is 0 Å². The van der Waals surface area contributed by atoms with Crippen molar-refractivity contribution < 1.29 is 14.3 Å². The van der Waals surface area contributed by atoms with Crippen molar-refractivity contribution in [2.24, 2.45) is 0 Å². The lowest BCUT2D eigenvalue weighted by atomic mass is 10.1. The third-order valence-electron chi connectivity index (χ3n) is 3.30. The van der Waals surface area contributed by atoms with Gasteiger partial charge in [-0.15, -0.1) is 0 Å². The lowest BCUT2D eigenvalue weighted by molar-refractivity contribution is -0.156. The fourth-order valence-electron chi connectivity index (χ4n) is 2.17. The Hall–Kier alpha value is -1.39. The van der Waals surface area contributed by atoms with E-state index in [-0.39, 0.29) is 24.8 Å². The average Bonchev–Trinajstić information content (AvgIpc) is 2.47. The minimum atomic E-state index is -0.296. The molecule has 4 nitrogen and oxygen atoms in total. The molecule has 0 bridgehead atoms. The van der Waals surface area contributed by atoms with E-state index in [9.17, 15) is 4.79 Å². The maximum atomic E-state index is 11.7. The van der Waals surface area contributed by atoms with Crippen LogP contribution in [0.4, 0.5) is 0 Å². The van der Waals surface area contributed by atoms with Crippen molar-refractivity contribution in [2.45, 2.75) is 32.0 Å². The Bertz CT molecular complexity index is 388. The SMILES string of the molecule is CC(OC(=O)COC1CCNCC1)c1ccccc1. The summed E-state index contributed by atoms with van der Waals surface area (Å²) in [7, 11) is 0. The molecular weight excluding hydrogens is 242 g/mol. The standard InChI is InChI=1S/C15H21NO3/c1-12(13-5-3-2-4-6-13)19-15(17)11-18-14-7-9-16-10-8-14/h2-6,12,14,16H,7-11H2,1H3. The van der Waals surface area contributed by atoms with E-state index >= 15 is 0 Å². The molecule has 0 aromatic heterocycles.